The van der Waals surface area contributed by atoms with Crippen LogP contribution in [0.1, 0.15) is 30.1 Å². The summed E-state index contributed by atoms with van der Waals surface area (Å²) in [5.41, 5.74) is 0.337. The highest BCUT2D eigenvalue weighted by Crippen LogP contribution is 2.25. The standard InChI is InChI=1S/C18H26O7/c1-3-4-10-23-11-13-14(19)15(20)16(18(22-2)24-13)25-17(21)12-8-6-5-7-9-12/h5-9,13-16,18-20H,3-4,10-11H2,1-2H3/t13?,14-,15?,16?,18+/m1/s1. The van der Waals surface area contributed by atoms with Crippen molar-refractivity contribution in [2.45, 2.75) is 50.5 Å². The van der Waals surface area contributed by atoms with Gasteiger partial charge in [0, 0.05) is 13.7 Å². The SMILES string of the molecule is CCCCOCC1O[C@H](OC)C(OC(=O)c2ccccc2)C(O)[C@@H]1O. The fraction of sp³-hybridized carbons (Fsp3) is 0.611. The Labute approximate surface area is 147 Å². The van der Waals surface area contributed by atoms with Crippen LogP contribution in [0, 0.1) is 0 Å². The molecule has 140 valence electrons. The lowest BCUT2D eigenvalue weighted by atomic mass is 9.99. The highest BCUT2D eigenvalue weighted by Gasteiger charge is 2.47. The number of methoxy groups -OCH3 is 1. The topological polar surface area (TPSA) is 94.5 Å². The normalized spacial score (nSPS) is 29.4. The Morgan fingerprint density at radius 3 is 2.56 bits per heavy atom. The van der Waals surface area contributed by atoms with Crippen molar-refractivity contribution < 1.29 is 34.0 Å². The van der Waals surface area contributed by atoms with E-state index in [0.717, 1.165) is 12.8 Å². The molecule has 1 aromatic carbocycles. The number of benzene rings is 1. The van der Waals surface area contributed by atoms with Gasteiger partial charge in [-0.1, -0.05) is 31.5 Å². The molecule has 0 radical (unpaired) electrons. The van der Waals surface area contributed by atoms with Gasteiger partial charge in [0.25, 0.3) is 0 Å². The zero-order chi connectivity index (χ0) is 18.2. The summed E-state index contributed by atoms with van der Waals surface area (Å²) in [4.78, 5) is 12.2. The van der Waals surface area contributed by atoms with Crippen molar-refractivity contribution in [3.05, 3.63) is 35.9 Å². The second-order valence-corrected chi connectivity index (χ2v) is 5.92. The number of rotatable bonds is 8. The van der Waals surface area contributed by atoms with Crippen molar-refractivity contribution >= 4 is 5.97 Å². The molecule has 1 aliphatic rings. The van der Waals surface area contributed by atoms with E-state index < -0.39 is 36.7 Å². The van der Waals surface area contributed by atoms with E-state index in [9.17, 15) is 15.0 Å². The third-order valence-electron chi connectivity index (χ3n) is 4.05. The number of esters is 1. The molecule has 0 amide bonds. The minimum Gasteiger partial charge on any atom is -0.450 e. The summed E-state index contributed by atoms with van der Waals surface area (Å²) in [6, 6.07) is 8.38. The number of carbonyl (C=O) groups excluding carboxylic acids is 1. The molecule has 0 bridgehead atoms. The molecular formula is C18H26O7. The summed E-state index contributed by atoms with van der Waals surface area (Å²) in [6.07, 6.45) is -3.59. The van der Waals surface area contributed by atoms with Gasteiger partial charge in [0.1, 0.15) is 18.3 Å². The van der Waals surface area contributed by atoms with E-state index in [4.69, 9.17) is 18.9 Å². The number of unbranched alkanes of at least 4 members (excludes halogenated alkanes) is 1. The van der Waals surface area contributed by atoms with Crippen LogP contribution in [0.2, 0.25) is 0 Å². The molecule has 0 spiro atoms. The van der Waals surface area contributed by atoms with Gasteiger partial charge >= 0.3 is 5.97 Å². The van der Waals surface area contributed by atoms with Crippen LogP contribution in [-0.2, 0) is 18.9 Å². The maximum absolute atomic E-state index is 12.2. The summed E-state index contributed by atoms with van der Waals surface area (Å²) >= 11 is 0. The summed E-state index contributed by atoms with van der Waals surface area (Å²) in [5, 5.41) is 20.6. The van der Waals surface area contributed by atoms with E-state index in [-0.39, 0.29) is 6.61 Å². The van der Waals surface area contributed by atoms with Crippen molar-refractivity contribution in [2.75, 3.05) is 20.3 Å². The largest absolute Gasteiger partial charge is 0.450 e. The summed E-state index contributed by atoms with van der Waals surface area (Å²) in [5.74, 6) is -0.625. The Balaban J connectivity index is 1.98. The first kappa shape index (κ1) is 19.8. The van der Waals surface area contributed by atoms with Crippen LogP contribution in [0.3, 0.4) is 0 Å². The maximum atomic E-state index is 12.2. The molecule has 5 atom stereocenters. The van der Waals surface area contributed by atoms with Crippen LogP contribution in [0.5, 0.6) is 0 Å². The highest BCUT2D eigenvalue weighted by molar-refractivity contribution is 5.89. The predicted octanol–water partition coefficient (Wildman–Crippen LogP) is 1.12. The Kier molecular flexibility index (Phi) is 7.80. The molecular weight excluding hydrogens is 328 g/mol. The zero-order valence-corrected chi connectivity index (χ0v) is 14.5. The van der Waals surface area contributed by atoms with Crippen LogP contribution in [0.4, 0.5) is 0 Å². The number of aliphatic hydroxyl groups is 2. The molecule has 1 aliphatic heterocycles. The van der Waals surface area contributed by atoms with Gasteiger partial charge in [-0.3, -0.25) is 0 Å². The van der Waals surface area contributed by atoms with Gasteiger partial charge < -0.3 is 29.2 Å². The van der Waals surface area contributed by atoms with E-state index in [0.29, 0.717) is 12.2 Å². The Bertz CT molecular complexity index is 519. The van der Waals surface area contributed by atoms with Gasteiger partial charge in [-0.25, -0.2) is 4.79 Å². The van der Waals surface area contributed by atoms with Crippen LogP contribution in [0.15, 0.2) is 30.3 Å². The smallest absolute Gasteiger partial charge is 0.338 e. The average molecular weight is 354 g/mol. The fourth-order valence-electron chi connectivity index (χ4n) is 2.57. The first-order valence-electron chi connectivity index (χ1n) is 8.46. The van der Waals surface area contributed by atoms with Crippen molar-refractivity contribution in [1.29, 1.82) is 0 Å². The van der Waals surface area contributed by atoms with Crippen LogP contribution in [-0.4, -0.2) is 67.2 Å². The lowest BCUT2D eigenvalue weighted by Crippen LogP contribution is -2.60. The number of carbonyl (C=O) groups is 1. The molecule has 2 rings (SSSR count). The summed E-state index contributed by atoms with van der Waals surface area (Å²) < 4.78 is 21.6. The van der Waals surface area contributed by atoms with Gasteiger partial charge in [0.05, 0.1) is 12.2 Å². The minimum absolute atomic E-state index is 0.122. The van der Waals surface area contributed by atoms with E-state index in [1.165, 1.54) is 7.11 Å². The van der Waals surface area contributed by atoms with Crippen molar-refractivity contribution in [3.8, 4) is 0 Å². The molecule has 0 aromatic heterocycles. The first-order chi connectivity index (χ1) is 12.1. The lowest BCUT2D eigenvalue weighted by molar-refractivity contribution is -0.295. The monoisotopic (exact) mass is 354 g/mol. The number of hydrogen-bond acceptors (Lipinski definition) is 7. The summed E-state index contributed by atoms with van der Waals surface area (Å²) in [7, 11) is 1.38. The highest BCUT2D eigenvalue weighted by atomic mass is 16.7. The van der Waals surface area contributed by atoms with E-state index in [1.807, 2.05) is 6.92 Å². The van der Waals surface area contributed by atoms with Crippen LogP contribution >= 0.6 is 0 Å². The molecule has 0 saturated carbocycles. The van der Waals surface area contributed by atoms with E-state index in [2.05, 4.69) is 0 Å². The van der Waals surface area contributed by atoms with Gasteiger partial charge in [0.15, 0.2) is 12.4 Å². The molecule has 7 nitrogen and oxygen atoms in total. The molecule has 1 saturated heterocycles. The lowest BCUT2D eigenvalue weighted by Gasteiger charge is -2.41. The van der Waals surface area contributed by atoms with Gasteiger partial charge in [-0.05, 0) is 18.6 Å². The third-order valence-corrected chi connectivity index (χ3v) is 4.05. The second-order valence-electron chi connectivity index (χ2n) is 5.92. The van der Waals surface area contributed by atoms with Crippen LogP contribution in [0.25, 0.3) is 0 Å². The zero-order valence-electron chi connectivity index (χ0n) is 14.5. The predicted molar refractivity (Wildman–Crippen MR) is 89.1 cm³/mol. The quantitative estimate of drug-likeness (QED) is 0.534. The molecule has 25 heavy (non-hydrogen) atoms. The molecule has 7 heteroatoms. The number of hydrogen-bond donors (Lipinski definition) is 2. The maximum Gasteiger partial charge on any atom is 0.338 e. The van der Waals surface area contributed by atoms with Crippen molar-refractivity contribution in [2.24, 2.45) is 0 Å². The average Bonchev–Trinajstić information content (AvgIpc) is 2.64. The number of ether oxygens (including phenoxy) is 4. The third kappa shape index (κ3) is 5.23. The Hall–Kier alpha value is -1.51. The minimum atomic E-state index is -1.34. The molecule has 1 heterocycles. The van der Waals surface area contributed by atoms with Crippen molar-refractivity contribution in [3.63, 3.8) is 0 Å². The summed E-state index contributed by atoms with van der Waals surface area (Å²) in [6.45, 7) is 2.71. The van der Waals surface area contributed by atoms with E-state index >= 15 is 0 Å². The number of aliphatic hydroxyl groups excluding tert-OH is 2. The molecule has 3 unspecified atom stereocenters. The van der Waals surface area contributed by atoms with Gasteiger partial charge in [-0.15, -0.1) is 0 Å². The molecule has 1 aromatic rings. The van der Waals surface area contributed by atoms with Gasteiger partial charge in [-0.2, -0.15) is 0 Å². The Morgan fingerprint density at radius 2 is 1.92 bits per heavy atom. The molecule has 0 aliphatic carbocycles. The molecule has 2 N–H and O–H groups in total. The van der Waals surface area contributed by atoms with E-state index in [1.54, 1.807) is 30.3 Å². The van der Waals surface area contributed by atoms with Gasteiger partial charge in [0.2, 0.25) is 0 Å². The first-order valence-corrected chi connectivity index (χ1v) is 8.46. The van der Waals surface area contributed by atoms with Crippen molar-refractivity contribution in [1.82, 2.24) is 0 Å². The second kappa shape index (κ2) is 9.84. The molecule has 1 fully saturated rings. The fourth-order valence-corrected chi connectivity index (χ4v) is 2.57. The van der Waals surface area contributed by atoms with Crippen LogP contribution < -0.4 is 0 Å². The Morgan fingerprint density at radius 1 is 1.20 bits per heavy atom.